The van der Waals surface area contributed by atoms with Crippen LogP contribution < -0.4 is 10.1 Å². The van der Waals surface area contributed by atoms with Crippen LogP contribution >= 0.6 is 0 Å². The van der Waals surface area contributed by atoms with Crippen molar-refractivity contribution in [2.45, 2.75) is 45.6 Å². The minimum absolute atomic E-state index is 0.0210. The third kappa shape index (κ3) is 5.78. The van der Waals surface area contributed by atoms with Gasteiger partial charge in [0, 0.05) is 18.5 Å². The van der Waals surface area contributed by atoms with Gasteiger partial charge in [-0.1, -0.05) is 50.1 Å². The van der Waals surface area contributed by atoms with Crippen molar-refractivity contribution in [3.8, 4) is 5.75 Å². The van der Waals surface area contributed by atoms with Gasteiger partial charge in [-0.25, -0.2) is 0 Å². The Balaban J connectivity index is 2.12. The Morgan fingerprint density at radius 1 is 1.08 bits per heavy atom. The summed E-state index contributed by atoms with van der Waals surface area (Å²) in [6.45, 7) is 3.11. The standard InChI is InChI=1S/C20H25NO4/c1-2-3-6-13-25-18-10-9-15-7-4-5-8-16(15)17(18)14-21-19(22)11-12-20(23)24/h4-5,7-10H,2-3,6,11-14H2,1H3,(H,21,22)(H,23,24). The van der Waals surface area contributed by atoms with Crippen molar-refractivity contribution in [3.05, 3.63) is 42.0 Å². The number of benzene rings is 2. The zero-order valence-electron chi connectivity index (χ0n) is 14.6. The summed E-state index contributed by atoms with van der Waals surface area (Å²) in [5, 5.41) is 13.6. The minimum atomic E-state index is -0.972. The molecule has 0 aliphatic carbocycles. The number of hydrogen-bond donors (Lipinski definition) is 2. The second-order valence-electron chi connectivity index (χ2n) is 5.99. The Morgan fingerprint density at radius 3 is 2.64 bits per heavy atom. The van der Waals surface area contributed by atoms with Gasteiger partial charge in [0.2, 0.25) is 5.91 Å². The zero-order chi connectivity index (χ0) is 18.1. The minimum Gasteiger partial charge on any atom is -0.493 e. The molecule has 2 N–H and O–H groups in total. The average molecular weight is 343 g/mol. The molecule has 5 heteroatoms. The van der Waals surface area contributed by atoms with E-state index in [1.165, 1.54) is 0 Å². The van der Waals surface area contributed by atoms with Crippen molar-refractivity contribution in [2.24, 2.45) is 0 Å². The maximum atomic E-state index is 11.9. The molecule has 0 saturated carbocycles. The number of rotatable bonds is 10. The van der Waals surface area contributed by atoms with Crippen LogP contribution in [0.1, 0.15) is 44.6 Å². The molecule has 0 fully saturated rings. The maximum absolute atomic E-state index is 11.9. The maximum Gasteiger partial charge on any atom is 0.303 e. The van der Waals surface area contributed by atoms with Crippen LogP contribution in [-0.2, 0) is 16.1 Å². The van der Waals surface area contributed by atoms with Gasteiger partial charge in [-0.2, -0.15) is 0 Å². The fourth-order valence-corrected chi connectivity index (χ4v) is 2.66. The number of fused-ring (bicyclic) bond motifs is 1. The molecule has 2 aromatic carbocycles. The number of ether oxygens (including phenoxy) is 1. The van der Waals surface area contributed by atoms with Crippen LogP contribution in [0.5, 0.6) is 5.75 Å². The average Bonchev–Trinajstić information content (AvgIpc) is 2.62. The smallest absolute Gasteiger partial charge is 0.303 e. The summed E-state index contributed by atoms with van der Waals surface area (Å²) < 4.78 is 5.93. The molecule has 0 spiro atoms. The van der Waals surface area contributed by atoms with Crippen LogP contribution in [0.4, 0.5) is 0 Å². The molecule has 0 unspecified atom stereocenters. The monoisotopic (exact) mass is 343 g/mol. The summed E-state index contributed by atoms with van der Waals surface area (Å²) in [6.07, 6.45) is 3.06. The van der Waals surface area contributed by atoms with E-state index >= 15 is 0 Å². The summed E-state index contributed by atoms with van der Waals surface area (Å²) >= 11 is 0. The van der Waals surface area contributed by atoms with E-state index in [1.54, 1.807) is 0 Å². The van der Waals surface area contributed by atoms with Crippen molar-refractivity contribution in [2.75, 3.05) is 6.61 Å². The Bertz CT molecular complexity index is 727. The van der Waals surface area contributed by atoms with Gasteiger partial charge in [0.25, 0.3) is 0 Å². The molecule has 2 rings (SSSR count). The summed E-state index contributed by atoms with van der Waals surface area (Å²) in [5.41, 5.74) is 0.929. The molecule has 134 valence electrons. The molecule has 1 amide bonds. The molecule has 0 aliphatic heterocycles. The highest BCUT2D eigenvalue weighted by Crippen LogP contribution is 2.28. The second-order valence-corrected chi connectivity index (χ2v) is 5.99. The quantitative estimate of drug-likeness (QED) is 0.642. The van der Waals surface area contributed by atoms with E-state index < -0.39 is 5.97 Å². The molecular formula is C20H25NO4. The molecule has 5 nitrogen and oxygen atoms in total. The zero-order valence-corrected chi connectivity index (χ0v) is 14.6. The SMILES string of the molecule is CCCCCOc1ccc2ccccc2c1CNC(=O)CCC(=O)O. The Kier molecular flexibility index (Phi) is 7.26. The molecule has 0 heterocycles. The number of carbonyl (C=O) groups excluding carboxylic acids is 1. The van der Waals surface area contributed by atoms with Crippen molar-refractivity contribution in [3.63, 3.8) is 0 Å². The number of carboxylic acids is 1. The highest BCUT2D eigenvalue weighted by molar-refractivity contribution is 5.88. The third-order valence-electron chi connectivity index (χ3n) is 4.03. The van der Waals surface area contributed by atoms with E-state index in [0.717, 1.165) is 41.3 Å². The van der Waals surface area contributed by atoms with E-state index in [0.29, 0.717) is 13.2 Å². The lowest BCUT2D eigenvalue weighted by molar-refractivity contribution is -0.138. The van der Waals surface area contributed by atoms with Crippen LogP contribution in [0.2, 0.25) is 0 Å². The lowest BCUT2D eigenvalue weighted by Crippen LogP contribution is -2.23. The third-order valence-corrected chi connectivity index (χ3v) is 4.03. The van der Waals surface area contributed by atoms with Gasteiger partial charge in [-0.05, 0) is 23.3 Å². The van der Waals surface area contributed by atoms with E-state index in [2.05, 4.69) is 12.2 Å². The topological polar surface area (TPSA) is 75.6 Å². The number of hydrogen-bond acceptors (Lipinski definition) is 3. The Labute approximate surface area is 148 Å². The number of unbranched alkanes of at least 4 members (excludes halogenated alkanes) is 2. The van der Waals surface area contributed by atoms with Crippen molar-refractivity contribution in [1.29, 1.82) is 0 Å². The number of amides is 1. The first-order chi connectivity index (χ1) is 12.1. The van der Waals surface area contributed by atoms with Crippen molar-refractivity contribution >= 4 is 22.6 Å². The molecule has 2 aromatic rings. The number of nitrogens with one attached hydrogen (secondary N) is 1. The van der Waals surface area contributed by atoms with Crippen LogP contribution in [0, 0.1) is 0 Å². The lowest BCUT2D eigenvalue weighted by atomic mass is 10.0. The molecule has 25 heavy (non-hydrogen) atoms. The summed E-state index contributed by atoms with van der Waals surface area (Å²) in [6, 6.07) is 11.9. The normalized spacial score (nSPS) is 10.6. The molecular weight excluding hydrogens is 318 g/mol. The predicted molar refractivity (Wildman–Crippen MR) is 97.7 cm³/mol. The molecule has 0 aromatic heterocycles. The number of carboxylic acid groups (broad SMARTS) is 1. The van der Waals surface area contributed by atoms with E-state index in [9.17, 15) is 9.59 Å². The fourth-order valence-electron chi connectivity index (χ4n) is 2.66. The first-order valence-electron chi connectivity index (χ1n) is 8.73. The molecule has 0 aliphatic rings. The van der Waals surface area contributed by atoms with E-state index in [1.807, 2.05) is 36.4 Å². The Morgan fingerprint density at radius 2 is 1.88 bits per heavy atom. The Hall–Kier alpha value is -2.56. The predicted octanol–water partition coefficient (Wildman–Crippen LogP) is 3.89. The van der Waals surface area contributed by atoms with Crippen LogP contribution in [0.25, 0.3) is 10.8 Å². The van der Waals surface area contributed by atoms with E-state index in [4.69, 9.17) is 9.84 Å². The first kappa shape index (κ1) is 18.8. The van der Waals surface area contributed by atoms with Crippen molar-refractivity contribution < 1.29 is 19.4 Å². The highest BCUT2D eigenvalue weighted by Gasteiger charge is 2.11. The summed E-state index contributed by atoms with van der Waals surface area (Å²) in [5.74, 6) is -0.471. The largest absolute Gasteiger partial charge is 0.493 e. The van der Waals surface area contributed by atoms with Crippen LogP contribution in [0.15, 0.2) is 36.4 Å². The van der Waals surface area contributed by atoms with Gasteiger partial charge in [0.05, 0.1) is 13.0 Å². The molecule has 0 atom stereocenters. The van der Waals surface area contributed by atoms with Gasteiger partial charge in [0.15, 0.2) is 0 Å². The highest BCUT2D eigenvalue weighted by atomic mass is 16.5. The van der Waals surface area contributed by atoms with Gasteiger partial charge in [0.1, 0.15) is 5.75 Å². The molecule has 0 radical (unpaired) electrons. The summed E-state index contributed by atoms with van der Waals surface area (Å²) in [7, 11) is 0. The second kappa shape index (κ2) is 9.67. The fraction of sp³-hybridized carbons (Fsp3) is 0.400. The van der Waals surface area contributed by atoms with Gasteiger partial charge in [-0.3, -0.25) is 9.59 Å². The summed E-state index contributed by atoms with van der Waals surface area (Å²) in [4.78, 5) is 22.4. The van der Waals surface area contributed by atoms with Crippen molar-refractivity contribution in [1.82, 2.24) is 5.32 Å². The van der Waals surface area contributed by atoms with Gasteiger partial charge >= 0.3 is 5.97 Å². The number of aliphatic carboxylic acids is 1. The lowest BCUT2D eigenvalue weighted by Gasteiger charge is -2.15. The van der Waals surface area contributed by atoms with Gasteiger partial charge < -0.3 is 15.2 Å². The van der Waals surface area contributed by atoms with Crippen LogP contribution in [0.3, 0.4) is 0 Å². The van der Waals surface area contributed by atoms with Gasteiger partial charge in [-0.15, -0.1) is 0 Å². The first-order valence-corrected chi connectivity index (χ1v) is 8.73. The molecule has 0 saturated heterocycles. The molecule has 0 bridgehead atoms. The van der Waals surface area contributed by atoms with Crippen LogP contribution in [-0.4, -0.2) is 23.6 Å². The van der Waals surface area contributed by atoms with E-state index in [-0.39, 0.29) is 18.7 Å². The number of carbonyl (C=O) groups is 2.